The Morgan fingerprint density at radius 3 is 2.54 bits per heavy atom. The maximum atomic E-state index is 12.5. The van der Waals surface area contributed by atoms with E-state index < -0.39 is 5.92 Å². The Balaban J connectivity index is 2.04. The first-order chi connectivity index (χ1) is 6.08. The Labute approximate surface area is 82.7 Å². The molecule has 0 aromatic rings. The van der Waals surface area contributed by atoms with Crippen molar-refractivity contribution in [2.45, 2.75) is 37.4 Å². The summed E-state index contributed by atoms with van der Waals surface area (Å²) < 4.78 is 24.9. The first-order valence-electron chi connectivity index (χ1n) is 4.78. The molecule has 1 saturated heterocycles. The van der Waals surface area contributed by atoms with Crippen LogP contribution in [0.1, 0.15) is 26.2 Å². The highest BCUT2D eigenvalue weighted by atomic mass is 32.2. The summed E-state index contributed by atoms with van der Waals surface area (Å²) in [5.41, 5.74) is 0. The fourth-order valence-electron chi connectivity index (χ4n) is 1.37. The van der Waals surface area contributed by atoms with Crippen LogP contribution in [0.2, 0.25) is 0 Å². The van der Waals surface area contributed by atoms with Crippen molar-refractivity contribution in [3.63, 3.8) is 0 Å². The van der Waals surface area contributed by atoms with Crippen LogP contribution in [-0.4, -0.2) is 30.0 Å². The number of rotatable bonds is 4. The van der Waals surface area contributed by atoms with Crippen molar-refractivity contribution in [2.75, 3.05) is 18.8 Å². The van der Waals surface area contributed by atoms with Crippen molar-refractivity contribution in [3.8, 4) is 0 Å². The van der Waals surface area contributed by atoms with Gasteiger partial charge in [0, 0.05) is 11.7 Å². The topological polar surface area (TPSA) is 12.0 Å². The molecular formula is C9H17F2NS. The van der Waals surface area contributed by atoms with Crippen molar-refractivity contribution >= 4 is 11.8 Å². The molecule has 0 aromatic carbocycles. The van der Waals surface area contributed by atoms with E-state index in [2.05, 4.69) is 5.32 Å². The molecule has 1 N–H and O–H groups in total. The van der Waals surface area contributed by atoms with Gasteiger partial charge in [0.05, 0.1) is 0 Å². The minimum atomic E-state index is -2.49. The summed E-state index contributed by atoms with van der Waals surface area (Å²) in [6, 6.07) is 0. The van der Waals surface area contributed by atoms with Gasteiger partial charge in [-0.15, -0.1) is 0 Å². The van der Waals surface area contributed by atoms with Crippen LogP contribution in [0.5, 0.6) is 0 Å². The normalized spacial score (nSPS) is 20.5. The van der Waals surface area contributed by atoms with E-state index in [-0.39, 0.29) is 6.42 Å². The number of halogens is 2. The number of nitrogens with one attached hydrogen (secondary N) is 1. The molecule has 0 radical (unpaired) electrons. The largest absolute Gasteiger partial charge is 0.317 e. The molecule has 1 rings (SSSR count). The lowest BCUT2D eigenvalue weighted by Crippen LogP contribution is -2.29. The Kier molecular flexibility index (Phi) is 4.46. The third-order valence-electron chi connectivity index (χ3n) is 2.18. The van der Waals surface area contributed by atoms with E-state index >= 15 is 0 Å². The van der Waals surface area contributed by atoms with E-state index in [1.54, 1.807) is 11.8 Å². The molecule has 0 unspecified atom stereocenters. The van der Waals surface area contributed by atoms with Gasteiger partial charge in [0.2, 0.25) is 5.92 Å². The number of alkyl halides is 2. The first kappa shape index (κ1) is 11.2. The lowest BCUT2D eigenvalue weighted by Gasteiger charge is -2.22. The van der Waals surface area contributed by atoms with Gasteiger partial charge in [0.15, 0.2) is 0 Å². The Morgan fingerprint density at radius 2 is 2.00 bits per heavy atom. The molecule has 0 bridgehead atoms. The molecule has 4 heteroatoms. The van der Waals surface area contributed by atoms with Gasteiger partial charge in [-0.3, -0.25) is 0 Å². The van der Waals surface area contributed by atoms with Crippen molar-refractivity contribution < 1.29 is 8.78 Å². The molecule has 0 spiro atoms. The van der Waals surface area contributed by atoms with E-state index in [9.17, 15) is 8.78 Å². The zero-order chi connectivity index (χ0) is 9.73. The zero-order valence-corrected chi connectivity index (χ0v) is 8.80. The van der Waals surface area contributed by atoms with Gasteiger partial charge in [0.25, 0.3) is 0 Å². The standard InChI is InChI=1S/C9H17F2NS/c1-9(10,11)4-7-13-8-2-5-12-6-3-8/h8,12H,2-7H2,1H3. The van der Waals surface area contributed by atoms with Gasteiger partial charge < -0.3 is 5.32 Å². The predicted octanol–water partition coefficient (Wildman–Crippen LogP) is 2.52. The van der Waals surface area contributed by atoms with Crippen LogP contribution >= 0.6 is 11.8 Å². The quantitative estimate of drug-likeness (QED) is 0.763. The van der Waals surface area contributed by atoms with Crippen LogP contribution in [0.4, 0.5) is 8.78 Å². The van der Waals surface area contributed by atoms with Crippen LogP contribution < -0.4 is 5.32 Å². The van der Waals surface area contributed by atoms with Gasteiger partial charge in [-0.25, -0.2) is 8.78 Å². The highest BCUT2D eigenvalue weighted by Gasteiger charge is 2.21. The van der Waals surface area contributed by atoms with Gasteiger partial charge in [-0.05, 0) is 38.6 Å². The molecule has 1 aliphatic heterocycles. The van der Waals surface area contributed by atoms with E-state index in [0.717, 1.165) is 32.9 Å². The molecule has 1 nitrogen and oxygen atoms in total. The van der Waals surface area contributed by atoms with Crippen molar-refractivity contribution in [3.05, 3.63) is 0 Å². The Morgan fingerprint density at radius 1 is 1.38 bits per heavy atom. The molecule has 1 heterocycles. The number of thioether (sulfide) groups is 1. The Hall–Kier alpha value is 0.170. The van der Waals surface area contributed by atoms with Crippen LogP contribution in [-0.2, 0) is 0 Å². The minimum absolute atomic E-state index is 0.0155. The smallest absolute Gasteiger partial charge is 0.246 e. The second-order valence-electron chi connectivity index (χ2n) is 3.64. The summed E-state index contributed by atoms with van der Waals surface area (Å²) in [6.45, 7) is 3.08. The minimum Gasteiger partial charge on any atom is -0.317 e. The van der Waals surface area contributed by atoms with Crippen LogP contribution in [0.25, 0.3) is 0 Å². The summed E-state index contributed by atoms with van der Waals surface area (Å²) in [6.07, 6.45) is 2.27. The van der Waals surface area contributed by atoms with Crippen molar-refractivity contribution in [1.29, 1.82) is 0 Å². The summed E-state index contributed by atoms with van der Waals surface area (Å²) in [5.74, 6) is -1.89. The number of hydrogen-bond donors (Lipinski definition) is 1. The molecule has 13 heavy (non-hydrogen) atoms. The van der Waals surface area contributed by atoms with Crippen LogP contribution in [0.15, 0.2) is 0 Å². The fraction of sp³-hybridized carbons (Fsp3) is 1.00. The highest BCUT2D eigenvalue weighted by molar-refractivity contribution is 7.99. The molecule has 0 atom stereocenters. The van der Waals surface area contributed by atoms with Gasteiger partial charge in [-0.2, -0.15) is 11.8 Å². The summed E-state index contributed by atoms with van der Waals surface area (Å²) in [4.78, 5) is 0. The van der Waals surface area contributed by atoms with E-state index in [0.29, 0.717) is 11.0 Å². The van der Waals surface area contributed by atoms with Gasteiger partial charge >= 0.3 is 0 Å². The Bertz CT molecular complexity index is 141. The molecule has 1 aliphatic rings. The van der Waals surface area contributed by atoms with Crippen LogP contribution in [0, 0.1) is 0 Å². The molecular weight excluding hydrogens is 192 g/mol. The average Bonchev–Trinajstić information content (AvgIpc) is 2.04. The first-order valence-corrected chi connectivity index (χ1v) is 5.83. The number of piperidine rings is 1. The fourth-order valence-corrected chi connectivity index (χ4v) is 2.75. The third-order valence-corrected chi connectivity index (χ3v) is 3.56. The lowest BCUT2D eigenvalue weighted by atomic mass is 10.2. The highest BCUT2D eigenvalue weighted by Crippen LogP contribution is 2.25. The van der Waals surface area contributed by atoms with Crippen molar-refractivity contribution in [2.24, 2.45) is 0 Å². The molecule has 78 valence electrons. The molecule has 0 aromatic heterocycles. The SMILES string of the molecule is CC(F)(F)CCSC1CCNCC1. The lowest BCUT2D eigenvalue weighted by molar-refractivity contribution is 0.0194. The molecule has 1 fully saturated rings. The van der Waals surface area contributed by atoms with Crippen molar-refractivity contribution in [1.82, 2.24) is 5.32 Å². The molecule has 0 aliphatic carbocycles. The summed E-state index contributed by atoms with van der Waals surface area (Å²) in [7, 11) is 0. The van der Waals surface area contributed by atoms with Gasteiger partial charge in [-0.1, -0.05) is 0 Å². The zero-order valence-electron chi connectivity index (χ0n) is 7.98. The number of hydrogen-bond acceptors (Lipinski definition) is 2. The average molecular weight is 209 g/mol. The predicted molar refractivity (Wildman–Crippen MR) is 53.6 cm³/mol. The van der Waals surface area contributed by atoms with E-state index in [1.165, 1.54) is 0 Å². The monoisotopic (exact) mass is 209 g/mol. The van der Waals surface area contributed by atoms with Gasteiger partial charge in [0.1, 0.15) is 0 Å². The third kappa shape index (κ3) is 5.47. The molecule has 0 amide bonds. The maximum absolute atomic E-state index is 12.5. The summed E-state index contributed by atoms with van der Waals surface area (Å²) >= 11 is 1.70. The maximum Gasteiger partial charge on any atom is 0.246 e. The van der Waals surface area contributed by atoms with E-state index in [4.69, 9.17) is 0 Å². The second kappa shape index (κ2) is 5.15. The molecule has 0 saturated carbocycles. The summed E-state index contributed by atoms with van der Waals surface area (Å²) in [5, 5.41) is 3.86. The van der Waals surface area contributed by atoms with E-state index in [1.807, 2.05) is 0 Å². The van der Waals surface area contributed by atoms with Crippen LogP contribution in [0.3, 0.4) is 0 Å². The second-order valence-corrected chi connectivity index (χ2v) is 5.05.